The van der Waals surface area contributed by atoms with E-state index in [1.54, 1.807) is 12.1 Å². The summed E-state index contributed by atoms with van der Waals surface area (Å²) in [5.41, 5.74) is 3.40. The van der Waals surface area contributed by atoms with Gasteiger partial charge in [0.2, 0.25) is 0 Å². The number of fused-ring (bicyclic) bond motifs is 1. The van der Waals surface area contributed by atoms with Gasteiger partial charge in [0.15, 0.2) is 4.32 Å². The number of rotatable bonds is 4. The second-order valence-corrected chi connectivity index (χ2v) is 11.3. The molecule has 9 heteroatoms. The van der Waals surface area contributed by atoms with Crippen LogP contribution in [-0.4, -0.2) is 14.8 Å². The number of benzene rings is 3. The maximum Gasteiger partial charge on any atom is 0.270 e. The zero-order valence-electron chi connectivity index (χ0n) is 17.3. The highest BCUT2D eigenvalue weighted by atomic mass is 79.9. The Morgan fingerprint density at radius 1 is 0.971 bits per heavy atom. The highest BCUT2D eigenvalue weighted by Crippen LogP contribution is 2.39. The van der Waals surface area contributed by atoms with E-state index in [0.717, 1.165) is 26.5 Å². The lowest BCUT2D eigenvalue weighted by atomic mass is 10.1. The van der Waals surface area contributed by atoms with E-state index in [1.807, 2.05) is 60.8 Å². The monoisotopic (exact) mass is 606 g/mol. The second-order valence-electron chi connectivity index (χ2n) is 7.55. The first-order valence-electron chi connectivity index (χ1n) is 10.1. The molecule has 4 aromatic rings. The number of nitrogens with zero attached hydrogens (tertiary/aromatic N) is 2. The largest absolute Gasteiger partial charge is 0.342 e. The van der Waals surface area contributed by atoms with Crippen LogP contribution in [0.5, 0.6) is 0 Å². The topological polar surface area (TPSA) is 25.2 Å². The van der Waals surface area contributed by atoms with E-state index >= 15 is 0 Å². The molecule has 0 N–H and O–H groups in total. The molecule has 34 heavy (non-hydrogen) atoms. The molecule has 0 radical (unpaired) electrons. The number of carbonyl (C=O) groups excluding carboxylic acids is 1. The maximum atomic E-state index is 13.3. The molecule has 1 aliphatic rings. The minimum Gasteiger partial charge on any atom is -0.342 e. The van der Waals surface area contributed by atoms with Crippen molar-refractivity contribution >= 4 is 108 Å². The summed E-state index contributed by atoms with van der Waals surface area (Å²) >= 11 is 29.2. The summed E-state index contributed by atoms with van der Waals surface area (Å²) in [5, 5.41) is 2.75. The number of anilines is 1. The lowest BCUT2D eigenvalue weighted by Gasteiger charge is -2.15. The molecule has 0 saturated carbocycles. The number of thioether (sulfide) groups is 1. The Balaban J connectivity index is 1.54. The van der Waals surface area contributed by atoms with E-state index < -0.39 is 0 Å². The van der Waals surface area contributed by atoms with Gasteiger partial charge in [0.1, 0.15) is 0 Å². The molecule has 3 nitrogen and oxygen atoms in total. The molecule has 3 aromatic carbocycles. The average molecular weight is 609 g/mol. The number of para-hydroxylation sites is 1. The van der Waals surface area contributed by atoms with Crippen molar-refractivity contribution in [2.75, 3.05) is 4.90 Å². The van der Waals surface area contributed by atoms with Crippen LogP contribution in [0.15, 0.2) is 76.2 Å². The first kappa shape index (κ1) is 23.9. The van der Waals surface area contributed by atoms with Crippen LogP contribution < -0.4 is 4.90 Å². The molecule has 170 valence electrons. The van der Waals surface area contributed by atoms with Crippen LogP contribution in [0.3, 0.4) is 0 Å². The number of amides is 1. The number of hydrogen-bond acceptors (Lipinski definition) is 3. The number of halogens is 4. The van der Waals surface area contributed by atoms with Crippen LogP contribution in [0.25, 0.3) is 17.0 Å². The van der Waals surface area contributed by atoms with Gasteiger partial charge in [-0.3, -0.25) is 9.69 Å². The predicted octanol–water partition coefficient (Wildman–Crippen LogP) is 8.82. The van der Waals surface area contributed by atoms with Gasteiger partial charge in [-0.25, -0.2) is 0 Å². The Bertz CT molecular complexity index is 1500. The van der Waals surface area contributed by atoms with Crippen LogP contribution in [-0.2, 0) is 11.3 Å². The Morgan fingerprint density at radius 3 is 2.44 bits per heavy atom. The molecule has 0 bridgehead atoms. The zero-order chi connectivity index (χ0) is 24.0. The van der Waals surface area contributed by atoms with Gasteiger partial charge in [0.25, 0.3) is 5.91 Å². The normalized spacial score (nSPS) is 15.2. The lowest BCUT2D eigenvalue weighted by molar-refractivity contribution is -0.113. The van der Waals surface area contributed by atoms with Gasteiger partial charge < -0.3 is 4.57 Å². The van der Waals surface area contributed by atoms with E-state index in [-0.39, 0.29) is 5.91 Å². The summed E-state index contributed by atoms with van der Waals surface area (Å²) in [6.07, 6.45) is 3.89. The van der Waals surface area contributed by atoms with Crippen molar-refractivity contribution < 1.29 is 4.79 Å². The van der Waals surface area contributed by atoms with Crippen LogP contribution in [0, 0.1) is 0 Å². The number of hydrogen-bond donors (Lipinski definition) is 0. The van der Waals surface area contributed by atoms with Crippen molar-refractivity contribution in [3.8, 4) is 0 Å². The van der Waals surface area contributed by atoms with Crippen LogP contribution in [0.1, 0.15) is 11.1 Å². The van der Waals surface area contributed by atoms with Crippen molar-refractivity contribution in [3.05, 3.63) is 102 Å². The third kappa shape index (κ3) is 4.43. The molecule has 1 aliphatic heterocycles. The molecule has 0 atom stereocenters. The van der Waals surface area contributed by atoms with Gasteiger partial charge in [-0.2, -0.15) is 0 Å². The van der Waals surface area contributed by atoms with Gasteiger partial charge in [-0.1, -0.05) is 83.0 Å². The predicted molar refractivity (Wildman–Crippen MR) is 152 cm³/mol. The molecular formula is C25H14BrCl3N2OS2. The first-order valence-corrected chi connectivity index (χ1v) is 13.2. The minimum absolute atomic E-state index is 0.181. The van der Waals surface area contributed by atoms with Crippen molar-refractivity contribution in [1.82, 2.24) is 4.57 Å². The van der Waals surface area contributed by atoms with Gasteiger partial charge in [-0.05, 0) is 58.4 Å². The SMILES string of the molecule is O=C1/C(=C/c2cn(Cc3c(Cl)cccc3Cl)c3ccccc23)SC(=S)N1c1ccc(Br)c(Cl)c1. The molecular weight excluding hydrogens is 595 g/mol. The van der Waals surface area contributed by atoms with Crippen molar-refractivity contribution in [2.24, 2.45) is 0 Å². The smallest absolute Gasteiger partial charge is 0.270 e. The number of thiocarbonyl (C=S) groups is 1. The molecule has 1 amide bonds. The standard InChI is InChI=1S/C25H14BrCl3N2OS2/c26-18-9-8-15(11-21(18)29)31-24(32)23(34-25(31)33)10-14-12-30(22-7-2-1-4-16(14)22)13-17-19(27)5-3-6-20(17)28/h1-12H,13H2/b23-10-. The van der Waals surface area contributed by atoms with Crippen LogP contribution in [0.2, 0.25) is 15.1 Å². The summed E-state index contributed by atoms with van der Waals surface area (Å²) in [5.74, 6) is -0.181. The Labute approximate surface area is 229 Å². The Hall–Kier alpha value is -1.80. The van der Waals surface area contributed by atoms with Crippen LogP contribution in [0.4, 0.5) is 5.69 Å². The summed E-state index contributed by atoms with van der Waals surface area (Å²) < 4.78 is 3.30. The summed E-state index contributed by atoms with van der Waals surface area (Å²) in [4.78, 5) is 15.3. The molecule has 0 spiro atoms. The van der Waals surface area contributed by atoms with Crippen LogP contribution >= 0.6 is 74.7 Å². The quantitative estimate of drug-likeness (QED) is 0.171. The summed E-state index contributed by atoms with van der Waals surface area (Å²) in [7, 11) is 0. The Morgan fingerprint density at radius 2 is 1.71 bits per heavy atom. The fraction of sp³-hybridized carbons (Fsp3) is 0.0400. The molecule has 0 unspecified atom stereocenters. The summed E-state index contributed by atoms with van der Waals surface area (Å²) in [6, 6.07) is 18.8. The van der Waals surface area contributed by atoms with Crippen molar-refractivity contribution in [1.29, 1.82) is 0 Å². The van der Waals surface area contributed by atoms with E-state index in [2.05, 4.69) is 20.5 Å². The minimum atomic E-state index is -0.181. The van der Waals surface area contributed by atoms with Crippen molar-refractivity contribution in [2.45, 2.75) is 6.54 Å². The van der Waals surface area contributed by atoms with E-state index in [4.69, 9.17) is 47.0 Å². The fourth-order valence-corrected chi connectivity index (χ4v) is 6.06. The van der Waals surface area contributed by atoms with Gasteiger partial charge in [-0.15, -0.1) is 0 Å². The van der Waals surface area contributed by atoms with Crippen molar-refractivity contribution in [3.63, 3.8) is 0 Å². The van der Waals surface area contributed by atoms with Gasteiger partial charge >= 0.3 is 0 Å². The van der Waals surface area contributed by atoms with E-state index in [0.29, 0.717) is 36.5 Å². The maximum absolute atomic E-state index is 13.3. The fourth-order valence-electron chi connectivity index (χ4n) is 3.83. The third-order valence-corrected chi connectivity index (χ3v) is 8.69. The van der Waals surface area contributed by atoms with Gasteiger partial charge in [0.05, 0.1) is 22.2 Å². The van der Waals surface area contributed by atoms with E-state index in [1.165, 1.54) is 16.7 Å². The highest BCUT2D eigenvalue weighted by molar-refractivity contribution is 9.10. The molecule has 1 fully saturated rings. The number of aromatic nitrogens is 1. The summed E-state index contributed by atoms with van der Waals surface area (Å²) in [6.45, 7) is 0.505. The van der Waals surface area contributed by atoms with Gasteiger partial charge in [0, 0.05) is 42.7 Å². The third-order valence-electron chi connectivity index (χ3n) is 5.45. The Kier molecular flexibility index (Phi) is 6.81. The number of carbonyl (C=O) groups is 1. The lowest BCUT2D eigenvalue weighted by Crippen LogP contribution is -2.27. The average Bonchev–Trinajstić information content (AvgIpc) is 3.29. The van der Waals surface area contributed by atoms with E-state index in [9.17, 15) is 4.79 Å². The second kappa shape index (κ2) is 9.69. The molecule has 1 saturated heterocycles. The zero-order valence-corrected chi connectivity index (χ0v) is 22.8. The highest BCUT2D eigenvalue weighted by Gasteiger charge is 2.33. The molecule has 5 rings (SSSR count). The molecule has 2 heterocycles. The molecule has 0 aliphatic carbocycles. The first-order chi connectivity index (χ1) is 16.3. The molecule has 1 aromatic heterocycles.